The summed E-state index contributed by atoms with van der Waals surface area (Å²) in [5.41, 5.74) is 0.508. The van der Waals surface area contributed by atoms with Crippen molar-refractivity contribution in [2.24, 2.45) is 0 Å². The molecular formula is C9H14F2O. The topological polar surface area (TPSA) is 20.2 Å². The van der Waals surface area contributed by atoms with E-state index in [2.05, 4.69) is 0 Å². The van der Waals surface area contributed by atoms with Crippen LogP contribution in [0.2, 0.25) is 0 Å². The highest BCUT2D eigenvalue weighted by molar-refractivity contribution is 5.13. The summed E-state index contributed by atoms with van der Waals surface area (Å²) in [6.45, 7) is 0.757. The highest BCUT2D eigenvalue weighted by Crippen LogP contribution is 2.29. The molecule has 3 heteroatoms. The molecule has 0 heterocycles. The summed E-state index contributed by atoms with van der Waals surface area (Å²) in [4.78, 5) is 0. The molecule has 1 nitrogen and oxygen atoms in total. The Morgan fingerprint density at radius 3 is 2.58 bits per heavy atom. The molecule has 0 aromatic carbocycles. The lowest BCUT2D eigenvalue weighted by molar-refractivity contribution is -0.0770. The van der Waals surface area contributed by atoms with E-state index in [0.717, 1.165) is 26.2 Å². The Kier molecular flexibility index (Phi) is 2.83. The highest BCUT2D eigenvalue weighted by Gasteiger charge is 2.34. The van der Waals surface area contributed by atoms with E-state index in [-0.39, 0.29) is 0 Å². The monoisotopic (exact) mass is 176 g/mol. The van der Waals surface area contributed by atoms with Gasteiger partial charge in [0.2, 0.25) is 0 Å². The van der Waals surface area contributed by atoms with Gasteiger partial charge >= 0.3 is 0 Å². The van der Waals surface area contributed by atoms with E-state index in [4.69, 9.17) is 0 Å². The molecule has 1 N–H and O–H groups in total. The van der Waals surface area contributed by atoms with Crippen molar-refractivity contribution in [3.05, 3.63) is 11.6 Å². The minimum atomic E-state index is -3.00. The minimum absolute atomic E-state index is 0.508. The normalized spacial score (nSPS) is 21.8. The smallest absolute Gasteiger partial charge is 0.274 e. The van der Waals surface area contributed by atoms with E-state index in [9.17, 15) is 13.9 Å². The van der Waals surface area contributed by atoms with Crippen LogP contribution in [-0.2, 0) is 0 Å². The Balaban J connectivity index is 2.62. The van der Waals surface area contributed by atoms with Crippen LogP contribution in [0, 0.1) is 0 Å². The van der Waals surface area contributed by atoms with E-state index in [1.165, 1.54) is 0 Å². The van der Waals surface area contributed by atoms with Crippen LogP contribution in [-0.4, -0.2) is 17.1 Å². The molecule has 0 saturated carbocycles. The Morgan fingerprint density at radius 1 is 1.50 bits per heavy atom. The van der Waals surface area contributed by atoms with Crippen LogP contribution in [0.15, 0.2) is 11.6 Å². The van der Waals surface area contributed by atoms with Crippen LogP contribution in [0.4, 0.5) is 8.78 Å². The number of rotatable bonds is 2. The number of alkyl halides is 2. The van der Waals surface area contributed by atoms with Gasteiger partial charge in [0.1, 0.15) is 6.10 Å². The second-order valence-electron chi connectivity index (χ2n) is 3.38. The molecule has 1 rings (SSSR count). The van der Waals surface area contributed by atoms with Crippen LogP contribution >= 0.6 is 0 Å². The lowest BCUT2D eigenvalue weighted by Crippen LogP contribution is -2.32. The summed E-state index contributed by atoms with van der Waals surface area (Å²) in [5.74, 6) is -3.00. The Morgan fingerprint density at radius 2 is 2.17 bits per heavy atom. The van der Waals surface area contributed by atoms with E-state index < -0.39 is 12.0 Å². The minimum Gasteiger partial charge on any atom is -0.382 e. The average molecular weight is 176 g/mol. The third-order valence-corrected chi connectivity index (χ3v) is 2.16. The fourth-order valence-electron chi connectivity index (χ4n) is 1.44. The van der Waals surface area contributed by atoms with Gasteiger partial charge in [-0.1, -0.05) is 6.08 Å². The lowest BCUT2D eigenvalue weighted by Gasteiger charge is -2.23. The molecule has 1 atom stereocenters. The molecule has 12 heavy (non-hydrogen) atoms. The van der Waals surface area contributed by atoms with Gasteiger partial charge in [-0.3, -0.25) is 0 Å². The molecule has 0 radical (unpaired) electrons. The van der Waals surface area contributed by atoms with Gasteiger partial charge in [0.05, 0.1) is 0 Å². The maximum absolute atomic E-state index is 12.6. The van der Waals surface area contributed by atoms with Crippen LogP contribution in [0.5, 0.6) is 0 Å². The van der Waals surface area contributed by atoms with Crippen LogP contribution in [0.25, 0.3) is 0 Å². The van der Waals surface area contributed by atoms with Gasteiger partial charge < -0.3 is 5.11 Å². The van der Waals surface area contributed by atoms with Gasteiger partial charge in [-0.15, -0.1) is 0 Å². The van der Waals surface area contributed by atoms with Crippen LogP contribution in [0.3, 0.4) is 0 Å². The number of hydrogen-bond acceptors (Lipinski definition) is 1. The molecule has 1 unspecified atom stereocenters. The fourth-order valence-corrected chi connectivity index (χ4v) is 1.44. The van der Waals surface area contributed by atoms with Crippen molar-refractivity contribution in [2.75, 3.05) is 0 Å². The quantitative estimate of drug-likeness (QED) is 0.641. The van der Waals surface area contributed by atoms with Crippen molar-refractivity contribution in [3.63, 3.8) is 0 Å². The van der Waals surface area contributed by atoms with Crippen molar-refractivity contribution in [3.8, 4) is 0 Å². The summed E-state index contributed by atoms with van der Waals surface area (Å²) in [6.07, 6.45) is 3.57. The molecule has 0 aromatic rings. The molecule has 0 saturated heterocycles. The highest BCUT2D eigenvalue weighted by atomic mass is 19.3. The molecule has 0 bridgehead atoms. The summed E-state index contributed by atoms with van der Waals surface area (Å²) < 4.78 is 25.2. The van der Waals surface area contributed by atoms with Crippen molar-refractivity contribution in [1.29, 1.82) is 0 Å². The molecule has 0 aliphatic heterocycles. The van der Waals surface area contributed by atoms with Crippen molar-refractivity contribution < 1.29 is 13.9 Å². The molecule has 1 aliphatic rings. The lowest BCUT2D eigenvalue weighted by atomic mass is 9.93. The third-order valence-electron chi connectivity index (χ3n) is 2.16. The first kappa shape index (κ1) is 9.65. The Hall–Kier alpha value is -0.440. The van der Waals surface area contributed by atoms with Gasteiger partial charge in [-0.25, -0.2) is 8.78 Å². The summed E-state index contributed by atoms with van der Waals surface area (Å²) >= 11 is 0. The molecule has 0 aromatic heterocycles. The van der Waals surface area contributed by atoms with Gasteiger partial charge in [-0.05, 0) is 31.3 Å². The number of aliphatic hydroxyl groups excluding tert-OH is 1. The zero-order valence-electron chi connectivity index (χ0n) is 7.19. The zero-order valence-corrected chi connectivity index (χ0v) is 7.19. The average Bonchev–Trinajstić information content (AvgIpc) is 2.03. The zero-order chi connectivity index (χ0) is 9.19. The number of allylic oxidation sites excluding steroid dienone is 1. The molecule has 70 valence electrons. The number of aliphatic hydroxyl groups is 1. The summed E-state index contributed by atoms with van der Waals surface area (Å²) in [6, 6.07) is 0. The molecule has 1 aliphatic carbocycles. The first-order chi connectivity index (χ1) is 5.52. The van der Waals surface area contributed by atoms with Crippen molar-refractivity contribution in [2.45, 2.75) is 44.6 Å². The number of halogens is 2. The van der Waals surface area contributed by atoms with Gasteiger partial charge in [0.15, 0.2) is 0 Å². The second kappa shape index (κ2) is 3.52. The Bertz CT molecular complexity index is 181. The summed E-state index contributed by atoms with van der Waals surface area (Å²) in [7, 11) is 0. The first-order valence-corrected chi connectivity index (χ1v) is 4.26. The van der Waals surface area contributed by atoms with Gasteiger partial charge in [0.25, 0.3) is 5.92 Å². The molecule has 0 amide bonds. The van der Waals surface area contributed by atoms with E-state index in [1.807, 2.05) is 0 Å². The van der Waals surface area contributed by atoms with Crippen molar-refractivity contribution >= 4 is 0 Å². The molecule has 0 fully saturated rings. The third kappa shape index (κ3) is 2.27. The fraction of sp³-hybridized carbons (Fsp3) is 0.778. The first-order valence-electron chi connectivity index (χ1n) is 4.26. The Labute approximate surface area is 71.1 Å². The van der Waals surface area contributed by atoms with E-state index in [1.54, 1.807) is 6.08 Å². The largest absolute Gasteiger partial charge is 0.382 e. The van der Waals surface area contributed by atoms with Crippen molar-refractivity contribution in [1.82, 2.24) is 0 Å². The molecular weight excluding hydrogens is 162 g/mol. The second-order valence-corrected chi connectivity index (χ2v) is 3.38. The van der Waals surface area contributed by atoms with Gasteiger partial charge in [-0.2, -0.15) is 0 Å². The van der Waals surface area contributed by atoms with Gasteiger partial charge in [0, 0.05) is 6.92 Å². The van der Waals surface area contributed by atoms with E-state index >= 15 is 0 Å². The summed E-state index contributed by atoms with van der Waals surface area (Å²) in [5, 5.41) is 9.19. The molecule has 0 spiro atoms. The maximum Gasteiger partial charge on any atom is 0.274 e. The number of hydrogen-bond donors (Lipinski definition) is 1. The van der Waals surface area contributed by atoms with Crippen LogP contribution in [0.1, 0.15) is 32.6 Å². The SMILES string of the molecule is CC(F)(F)C(O)C1=CCCCC1. The van der Waals surface area contributed by atoms with E-state index in [0.29, 0.717) is 12.0 Å². The maximum atomic E-state index is 12.6. The van der Waals surface area contributed by atoms with Crippen LogP contribution < -0.4 is 0 Å². The predicted octanol–water partition coefficient (Wildman–Crippen LogP) is 2.50. The standard InChI is InChI=1S/C9H14F2O/c1-9(10,11)8(12)7-5-3-2-4-6-7/h5,8,12H,2-4,6H2,1H3. The predicted molar refractivity (Wildman–Crippen MR) is 43.2 cm³/mol.